The Hall–Kier alpha value is -1.75. The topological polar surface area (TPSA) is 38.3 Å². The Labute approximate surface area is 154 Å². The summed E-state index contributed by atoms with van der Waals surface area (Å²) in [6.45, 7) is 1.93. The molecular formula is C18H15Cl2NO2S. The Morgan fingerprint density at radius 1 is 1.12 bits per heavy atom. The Balaban J connectivity index is 1.93. The third kappa shape index (κ3) is 3.09. The fraction of sp³-hybridized carbons (Fsp3) is 0.167. The second kappa shape index (κ2) is 7.01. The van der Waals surface area contributed by atoms with Crippen molar-refractivity contribution in [3.05, 3.63) is 63.0 Å². The summed E-state index contributed by atoms with van der Waals surface area (Å²) in [4.78, 5) is 13.1. The third-order valence-corrected chi connectivity index (χ3v) is 5.99. The number of ether oxygens (including phenoxy) is 1. The maximum atomic E-state index is 12.6. The monoisotopic (exact) mass is 379 g/mol. The lowest BCUT2D eigenvalue weighted by Gasteiger charge is -2.13. The molecule has 6 heteroatoms. The zero-order valence-corrected chi connectivity index (χ0v) is 15.4. The van der Waals surface area contributed by atoms with Crippen molar-refractivity contribution in [1.82, 2.24) is 5.32 Å². The highest BCUT2D eigenvalue weighted by atomic mass is 35.5. The number of carbonyl (C=O) groups excluding carboxylic acids is 1. The van der Waals surface area contributed by atoms with Crippen LogP contribution in [0.4, 0.5) is 0 Å². The van der Waals surface area contributed by atoms with E-state index in [0.717, 1.165) is 15.6 Å². The third-order valence-electron chi connectivity index (χ3n) is 3.77. The molecule has 24 heavy (non-hydrogen) atoms. The summed E-state index contributed by atoms with van der Waals surface area (Å²) in [5.74, 6) is 0.347. The van der Waals surface area contributed by atoms with Gasteiger partial charge in [0, 0.05) is 5.39 Å². The first-order chi connectivity index (χ1) is 11.5. The molecule has 0 spiro atoms. The highest BCUT2D eigenvalue weighted by Gasteiger charge is 2.21. The number of halogens is 2. The van der Waals surface area contributed by atoms with Crippen molar-refractivity contribution in [2.45, 2.75) is 13.0 Å². The van der Waals surface area contributed by atoms with E-state index in [1.165, 1.54) is 11.3 Å². The van der Waals surface area contributed by atoms with Crippen LogP contribution >= 0.6 is 34.5 Å². The smallest absolute Gasteiger partial charge is 0.263 e. The van der Waals surface area contributed by atoms with Gasteiger partial charge in [-0.3, -0.25) is 4.79 Å². The van der Waals surface area contributed by atoms with Crippen LogP contribution < -0.4 is 10.1 Å². The molecule has 3 aromatic rings. The molecule has 1 N–H and O–H groups in total. The molecule has 0 unspecified atom stereocenters. The normalized spacial score (nSPS) is 12.2. The number of methoxy groups -OCH3 is 1. The number of rotatable bonds is 4. The summed E-state index contributed by atoms with van der Waals surface area (Å²) in [7, 11) is 1.55. The van der Waals surface area contributed by atoms with Gasteiger partial charge in [0.1, 0.15) is 15.6 Å². The van der Waals surface area contributed by atoms with Crippen LogP contribution in [0.5, 0.6) is 5.75 Å². The molecule has 0 aliphatic rings. The van der Waals surface area contributed by atoms with Crippen LogP contribution in [0, 0.1) is 0 Å². The minimum absolute atomic E-state index is 0.120. The number of amides is 1. The average molecular weight is 380 g/mol. The van der Waals surface area contributed by atoms with Crippen LogP contribution in [0.3, 0.4) is 0 Å². The molecule has 1 amide bonds. The van der Waals surface area contributed by atoms with Gasteiger partial charge in [0.15, 0.2) is 0 Å². The highest BCUT2D eigenvalue weighted by molar-refractivity contribution is 7.22. The highest BCUT2D eigenvalue weighted by Crippen LogP contribution is 2.43. The Bertz CT molecular complexity index is 893. The van der Waals surface area contributed by atoms with Gasteiger partial charge < -0.3 is 10.1 Å². The van der Waals surface area contributed by atoms with E-state index in [0.29, 0.717) is 20.7 Å². The molecule has 1 heterocycles. The molecule has 0 fully saturated rings. The number of carbonyl (C=O) groups is 1. The Morgan fingerprint density at radius 2 is 1.83 bits per heavy atom. The predicted octanol–water partition coefficient (Wildman–Crippen LogP) is 5.71. The van der Waals surface area contributed by atoms with E-state index in [1.54, 1.807) is 13.2 Å². The van der Waals surface area contributed by atoms with Crippen LogP contribution in [0.2, 0.25) is 10.0 Å². The van der Waals surface area contributed by atoms with Gasteiger partial charge in [-0.1, -0.05) is 53.5 Å². The number of hydrogen-bond acceptors (Lipinski definition) is 3. The largest absolute Gasteiger partial charge is 0.495 e. The standard InChI is InChI=1S/C18H15Cl2NO2S/c1-10(11-6-4-3-5-7-11)21-18(22)17-14(19)12-8-9-13(23-2)15(20)16(12)24-17/h3-10H,1-2H3,(H,21,22)/t10-/m0/s1. The van der Waals surface area contributed by atoms with Crippen molar-refractivity contribution in [2.24, 2.45) is 0 Å². The van der Waals surface area contributed by atoms with Crippen molar-refractivity contribution >= 4 is 50.5 Å². The zero-order chi connectivity index (χ0) is 17.3. The zero-order valence-electron chi connectivity index (χ0n) is 13.1. The molecule has 0 radical (unpaired) electrons. The van der Waals surface area contributed by atoms with E-state index < -0.39 is 0 Å². The number of benzene rings is 2. The predicted molar refractivity (Wildman–Crippen MR) is 101 cm³/mol. The minimum atomic E-state index is -0.215. The van der Waals surface area contributed by atoms with E-state index in [-0.39, 0.29) is 11.9 Å². The lowest BCUT2D eigenvalue weighted by atomic mass is 10.1. The fourth-order valence-electron chi connectivity index (χ4n) is 2.47. The molecule has 0 aliphatic heterocycles. The summed E-state index contributed by atoms with van der Waals surface area (Å²) in [6.07, 6.45) is 0. The second-order valence-electron chi connectivity index (χ2n) is 5.31. The number of thiophene rings is 1. The fourth-order valence-corrected chi connectivity index (χ4v) is 4.27. The van der Waals surface area contributed by atoms with E-state index >= 15 is 0 Å². The van der Waals surface area contributed by atoms with Gasteiger partial charge in [0.25, 0.3) is 5.91 Å². The van der Waals surface area contributed by atoms with Crippen molar-refractivity contribution in [3.8, 4) is 5.75 Å². The summed E-state index contributed by atoms with van der Waals surface area (Å²) in [6, 6.07) is 13.2. The molecule has 0 saturated heterocycles. The first-order valence-corrected chi connectivity index (χ1v) is 8.90. The lowest BCUT2D eigenvalue weighted by molar-refractivity contribution is 0.0944. The second-order valence-corrected chi connectivity index (χ2v) is 7.09. The van der Waals surface area contributed by atoms with Crippen LogP contribution in [-0.2, 0) is 0 Å². The van der Waals surface area contributed by atoms with Crippen molar-refractivity contribution in [1.29, 1.82) is 0 Å². The maximum Gasteiger partial charge on any atom is 0.263 e. The number of hydrogen-bond donors (Lipinski definition) is 1. The van der Waals surface area contributed by atoms with Crippen LogP contribution in [0.1, 0.15) is 28.2 Å². The molecule has 1 atom stereocenters. The molecule has 3 nitrogen and oxygen atoms in total. The summed E-state index contributed by atoms with van der Waals surface area (Å²) in [5.41, 5.74) is 1.03. The number of fused-ring (bicyclic) bond motifs is 1. The summed E-state index contributed by atoms with van der Waals surface area (Å²) in [5, 5.41) is 4.61. The van der Waals surface area contributed by atoms with Crippen LogP contribution in [-0.4, -0.2) is 13.0 Å². The first-order valence-electron chi connectivity index (χ1n) is 7.33. The van der Waals surface area contributed by atoms with Gasteiger partial charge in [0.2, 0.25) is 0 Å². The summed E-state index contributed by atoms with van der Waals surface area (Å²) >= 11 is 14.0. The van der Waals surface area contributed by atoms with Gasteiger partial charge in [-0.15, -0.1) is 11.3 Å². The van der Waals surface area contributed by atoms with Crippen LogP contribution in [0.25, 0.3) is 10.1 Å². The Morgan fingerprint density at radius 3 is 2.50 bits per heavy atom. The van der Waals surface area contributed by atoms with Crippen molar-refractivity contribution < 1.29 is 9.53 Å². The quantitative estimate of drug-likeness (QED) is 0.630. The van der Waals surface area contributed by atoms with Gasteiger partial charge in [-0.05, 0) is 24.6 Å². The molecule has 2 aromatic carbocycles. The molecule has 124 valence electrons. The summed E-state index contributed by atoms with van der Waals surface area (Å²) < 4.78 is 5.96. The van der Waals surface area contributed by atoms with Gasteiger partial charge >= 0.3 is 0 Å². The van der Waals surface area contributed by atoms with Crippen molar-refractivity contribution in [3.63, 3.8) is 0 Å². The Kier molecular flexibility index (Phi) is 4.99. The molecule has 0 aliphatic carbocycles. The lowest BCUT2D eigenvalue weighted by Crippen LogP contribution is -2.26. The number of nitrogens with one attached hydrogen (secondary N) is 1. The van der Waals surface area contributed by atoms with Gasteiger partial charge in [-0.25, -0.2) is 0 Å². The van der Waals surface area contributed by atoms with Crippen molar-refractivity contribution in [2.75, 3.05) is 7.11 Å². The van der Waals surface area contributed by atoms with Crippen LogP contribution in [0.15, 0.2) is 42.5 Å². The molecular weight excluding hydrogens is 365 g/mol. The molecule has 1 aromatic heterocycles. The van der Waals surface area contributed by atoms with E-state index in [9.17, 15) is 4.79 Å². The molecule has 0 bridgehead atoms. The van der Waals surface area contributed by atoms with E-state index in [1.807, 2.05) is 43.3 Å². The van der Waals surface area contributed by atoms with E-state index in [4.69, 9.17) is 27.9 Å². The van der Waals surface area contributed by atoms with E-state index in [2.05, 4.69) is 5.32 Å². The SMILES string of the molecule is COc1ccc2c(Cl)c(C(=O)N[C@@H](C)c3ccccc3)sc2c1Cl. The van der Waals surface area contributed by atoms with Gasteiger partial charge in [0.05, 0.1) is 22.9 Å². The average Bonchev–Trinajstić information content (AvgIpc) is 2.94. The minimum Gasteiger partial charge on any atom is -0.495 e. The van der Waals surface area contributed by atoms with Gasteiger partial charge in [-0.2, -0.15) is 0 Å². The maximum absolute atomic E-state index is 12.6. The first kappa shape index (κ1) is 17.1. The molecule has 0 saturated carbocycles. The molecule has 3 rings (SSSR count).